The summed E-state index contributed by atoms with van der Waals surface area (Å²) in [5.74, 6) is -0.267. The average Bonchev–Trinajstić information content (AvgIpc) is 3.45. The van der Waals surface area contributed by atoms with Gasteiger partial charge in [-0.3, -0.25) is 14.5 Å². The number of aryl methyl sites for hydroxylation is 1. The van der Waals surface area contributed by atoms with Gasteiger partial charge in [-0.2, -0.15) is 9.40 Å². The number of amides is 1. The number of nitrogens with zero attached hydrogens (tertiary/aromatic N) is 4. The minimum atomic E-state index is -3.47. The molecule has 0 unspecified atom stereocenters. The van der Waals surface area contributed by atoms with Crippen molar-refractivity contribution in [1.29, 1.82) is 0 Å². The predicted molar refractivity (Wildman–Crippen MR) is 112 cm³/mol. The van der Waals surface area contributed by atoms with Crippen molar-refractivity contribution in [2.24, 2.45) is 7.05 Å². The molecule has 1 amide bonds. The van der Waals surface area contributed by atoms with Crippen molar-refractivity contribution >= 4 is 15.9 Å². The Morgan fingerprint density at radius 2 is 1.80 bits per heavy atom. The summed E-state index contributed by atoms with van der Waals surface area (Å²) in [5.41, 5.74) is 3.02. The third-order valence-corrected chi connectivity index (χ3v) is 7.01. The fourth-order valence-corrected chi connectivity index (χ4v) is 4.91. The summed E-state index contributed by atoms with van der Waals surface area (Å²) in [6.07, 6.45) is 7.12. The molecule has 0 bridgehead atoms. The van der Waals surface area contributed by atoms with Crippen LogP contribution in [-0.2, 0) is 23.6 Å². The van der Waals surface area contributed by atoms with Crippen LogP contribution in [0.3, 0.4) is 0 Å². The molecule has 2 aromatic heterocycles. The second kappa shape index (κ2) is 8.37. The van der Waals surface area contributed by atoms with Crippen LogP contribution in [0.5, 0.6) is 0 Å². The lowest BCUT2D eigenvalue weighted by atomic mass is 10.2. The molecule has 1 N–H and O–H groups in total. The number of hydrogen-bond donors (Lipinski definition) is 1. The maximum absolute atomic E-state index is 12.6. The minimum Gasteiger partial charge on any atom is -0.348 e. The monoisotopic (exact) mass is 425 g/mol. The Morgan fingerprint density at radius 3 is 2.40 bits per heavy atom. The first-order valence-electron chi connectivity index (χ1n) is 9.76. The van der Waals surface area contributed by atoms with Crippen LogP contribution in [0.2, 0.25) is 0 Å². The van der Waals surface area contributed by atoms with E-state index < -0.39 is 10.0 Å². The van der Waals surface area contributed by atoms with E-state index in [9.17, 15) is 13.2 Å². The summed E-state index contributed by atoms with van der Waals surface area (Å²) in [7, 11) is -1.63. The van der Waals surface area contributed by atoms with Gasteiger partial charge < -0.3 is 5.32 Å². The fourth-order valence-electron chi connectivity index (χ4n) is 3.39. The van der Waals surface area contributed by atoms with Gasteiger partial charge in [-0.05, 0) is 48.7 Å². The molecule has 0 spiro atoms. The molecule has 0 radical (unpaired) electrons. The molecule has 4 rings (SSSR count). The van der Waals surface area contributed by atoms with Crippen LogP contribution < -0.4 is 5.32 Å². The maximum atomic E-state index is 12.6. The SMILES string of the molecule is Cn1cc(-c2ccc(CNC(=O)c3ccc(S(=O)(=O)N4CCCC4)cc3)cn2)cn1. The summed E-state index contributed by atoms with van der Waals surface area (Å²) in [6.45, 7) is 1.43. The van der Waals surface area contributed by atoms with Gasteiger partial charge in [0.1, 0.15) is 0 Å². The third-order valence-electron chi connectivity index (χ3n) is 5.10. The predicted octanol–water partition coefficient (Wildman–Crippen LogP) is 2.20. The number of sulfonamides is 1. The van der Waals surface area contributed by atoms with Crippen LogP contribution in [0.15, 0.2) is 59.9 Å². The van der Waals surface area contributed by atoms with Crippen molar-refractivity contribution in [3.05, 3.63) is 66.1 Å². The van der Waals surface area contributed by atoms with Crippen molar-refractivity contribution in [2.45, 2.75) is 24.3 Å². The zero-order valence-electron chi connectivity index (χ0n) is 16.7. The Kier molecular flexibility index (Phi) is 5.65. The lowest BCUT2D eigenvalue weighted by molar-refractivity contribution is 0.0951. The summed E-state index contributed by atoms with van der Waals surface area (Å²) in [6, 6.07) is 9.86. The van der Waals surface area contributed by atoms with E-state index in [-0.39, 0.29) is 10.8 Å². The van der Waals surface area contributed by atoms with Crippen LogP contribution >= 0.6 is 0 Å². The standard InChI is InChI=1S/C21H23N5O3S/c1-25-15-18(14-24-25)20-9-4-16(12-22-20)13-23-21(27)17-5-7-19(8-6-17)30(28,29)26-10-2-3-11-26/h4-9,12,14-15H,2-3,10-11,13H2,1H3,(H,23,27). The molecule has 8 nitrogen and oxygen atoms in total. The van der Waals surface area contributed by atoms with Crippen LogP contribution in [0.25, 0.3) is 11.3 Å². The molecular weight excluding hydrogens is 402 g/mol. The summed E-state index contributed by atoms with van der Waals surface area (Å²) in [4.78, 5) is 17.1. The fraction of sp³-hybridized carbons (Fsp3) is 0.286. The summed E-state index contributed by atoms with van der Waals surface area (Å²) < 4.78 is 28.3. The number of benzene rings is 1. The van der Waals surface area contributed by atoms with E-state index in [1.165, 1.54) is 16.4 Å². The molecule has 0 saturated carbocycles. The number of hydrogen-bond acceptors (Lipinski definition) is 5. The quantitative estimate of drug-likeness (QED) is 0.653. The number of pyridine rings is 1. The van der Waals surface area contributed by atoms with Gasteiger partial charge >= 0.3 is 0 Å². The molecule has 1 aliphatic heterocycles. The minimum absolute atomic E-state index is 0.219. The van der Waals surface area contributed by atoms with E-state index in [1.807, 2.05) is 25.4 Å². The molecule has 1 aliphatic rings. The van der Waals surface area contributed by atoms with E-state index >= 15 is 0 Å². The van der Waals surface area contributed by atoms with Gasteiger partial charge in [0.15, 0.2) is 0 Å². The van der Waals surface area contributed by atoms with Gasteiger partial charge in [-0.1, -0.05) is 6.07 Å². The number of carbonyl (C=O) groups is 1. The molecule has 156 valence electrons. The highest BCUT2D eigenvalue weighted by Gasteiger charge is 2.27. The highest BCUT2D eigenvalue weighted by Crippen LogP contribution is 2.21. The molecular formula is C21H23N5O3S. The number of rotatable bonds is 6. The second-order valence-corrected chi connectivity index (χ2v) is 9.21. The molecule has 30 heavy (non-hydrogen) atoms. The molecule has 3 aromatic rings. The highest BCUT2D eigenvalue weighted by atomic mass is 32.2. The van der Waals surface area contributed by atoms with Crippen LogP contribution in [0, 0.1) is 0 Å². The van der Waals surface area contributed by atoms with Gasteiger partial charge in [-0.15, -0.1) is 0 Å². The third kappa shape index (κ3) is 4.27. The maximum Gasteiger partial charge on any atom is 0.251 e. The summed E-state index contributed by atoms with van der Waals surface area (Å²) >= 11 is 0. The first-order valence-corrected chi connectivity index (χ1v) is 11.2. The van der Waals surface area contributed by atoms with Crippen LogP contribution in [0.4, 0.5) is 0 Å². The molecule has 0 atom stereocenters. The van der Waals surface area contributed by atoms with Crippen LogP contribution in [0.1, 0.15) is 28.8 Å². The summed E-state index contributed by atoms with van der Waals surface area (Å²) in [5, 5.41) is 6.97. The van der Waals surface area contributed by atoms with E-state index in [0.717, 1.165) is 29.7 Å². The van der Waals surface area contributed by atoms with Crippen LogP contribution in [-0.4, -0.2) is 46.5 Å². The van der Waals surface area contributed by atoms with Gasteiger partial charge in [-0.25, -0.2) is 8.42 Å². The smallest absolute Gasteiger partial charge is 0.251 e. The zero-order chi connectivity index (χ0) is 21.1. The first-order chi connectivity index (χ1) is 14.4. The normalized spacial score (nSPS) is 14.7. The molecule has 1 saturated heterocycles. The number of carbonyl (C=O) groups excluding carboxylic acids is 1. The van der Waals surface area contributed by atoms with Crippen molar-refractivity contribution < 1.29 is 13.2 Å². The topological polar surface area (TPSA) is 97.2 Å². The van der Waals surface area contributed by atoms with E-state index in [2.05, 4.69) is 15.4 Å². The van der Waals surface area contributed by atoms with Crippen molar-refractivity contribution in [3.8, 4) is 11.3 Å². The second-order valence-electron chi connectivity index (χ2n) is 7.27. The van der Waals surface area contributed by atoms with Gasteiger partial charge in [0.05, 0.1) is 16.8 Å². The van der Waals surface area contributed by atoms with Gasteiger partial charge in [0.2, 0.25) is 10.0 Å². The van der Waals surface area contributed by atoms with Gasteiger partial charge in [0, 0.05) is 50.2 Å². The lowest BCUT2D eigenvalue weighted by Gasteiger charge is -2.15. The Labute approximate surface area is 175 Å². The molecule has 1 aromatic carbocycles. The number of nitrogens with one attached hydrogen (secondary N) is 1. The highest BCUT2D eigenvalue weighted by molar-refractivity contribution is 7.89. The van der Waals surface area contributed by atoms with Crippen molar-refractivity contribution in [1.82, 2.24) is 24.4 Å². The molecule has 9 heteroatoms. The Hall–Kier alpha value is -3.04. The first kappa shape index (κ1) is 20.2. The molecule has 3 heterocycles. The van der Waals surface area contributed by atoms with E-state index in [1.54, 1.807) is 29.2 Å². The Bertz CT molecular complexity index is 1130. The average molecular weight is 426 g/mol. The number of aromatic nitrogens is 3. The van der Waals surface area contributed by atoms with E-state index in [0.29, 0.717) is 25.2 Å². The molecule has 1 fully saturated rings. The van der Waals surface area contributed by atoms with E-state index in [4.69, 9.17) is 0 Å². The lowest BCUT2D eigenvalue weighted by Crippen LogP contribution is -2.28. The van der Waals surface area contributed by atoms with Crippen molar-refractivity contribution in [2.75, 3.05) is 13.1 Å². The Balaban J connectivity index is 1.37. The van der Waals surface area contributed by atoms with Gasteiger partial charge in [0.25, 0.3) is 5.91 Å². The Morgan fingerprint density at radius 1 is 1.07 bits per heavy atom. The van der Waals surface area contributed by atoms with Crippen molar-refractivity contribution in [3.63, 3.8) is 0 Å². The molecule has 0 aliphatic carbocycles. The largest absolute Gasteiger partial charge is 0.348 e. The zero-order valence-corrected chi connectivity index (χ0v) is 17.5.